The van der Waals surface area contributed by atoms with Crippen LogP contribution in [-0.2, 0) is 0 Å². The summed E-state index contributed by atoms with van der Waals surface area (Å²) in [7, 11) is 0. The Morgan fingerprint density at radius 3 is 2.76 bits per heavy atom. The van der Waals surface area contributed by atoms with E-state index in [1.165, 1.54) is 18.3 Å². The summed E-state index contributed by atoms with van der Waals surface area (Å²) in [6.45, 7) is 6.58. The van der Waals surface area contributed by atoms with E-state index in [-0.39, 0.29) is 10.6 Å². The summed E-state index contributed by atoms with van der Waals surface area (Å²) in [5.41, 5.74) is 0.00757. The normalized spacial score (nSPS) is 12.6. The maximum atomic E-state index is 11.5. The zero-order valence-electron chi connectivity index (χ0n) is 10.1. The third-order valence-electron chi connectivity index (χ3n) is 1.87. The van der Waals surface area contributed by atoms with Gasteiger partial charge in [0.15, 0.2) is 0 Å². The molecule has 1 aromatic rings. The lowest BCUT2D eigenvalue weighted by Crippen LogP contribution is -2.31. The summed E-state index contributed by atoms with van der Waals surface area (Å²) in [5, 5.41) is 12.3. The Morgan fingerprint density at radius 1 is 1.59 bits per heavy atom. The van der Waals surface area contributed by atoms with Crippen molar-refractivity contribution in [3.63, 3.8) is 0 Å². The first-order valence-electron chi connectivity index (χ1n) is 5.18. The minimum atomic E-state index is -0.424. The van der Waals surface area contributed by atoms with Gasteiger partial charge in [0.05, 0.1) is 5.36 Å². The van der Waals surface area contributed by atoms with E-state index in [2.05, 4.69) is 10.3 Å². The molecule has 6 heteroatoms. The van der Waals surface area contributed by atoms with Gasteiger partial charge in [-0.05, 0) is 11.5 Å². The third-order valence-corrected chi connectivity index (χ3v) is 2.16. The van der Waals surface area contributed by atoms with Crippen LogP contribution in [0.3, 0.4) is 0 Å². The van der Waals surface area contributed by atoms with Crippen molar-refractivity contribution in [2.45, 2.75) is 20.8 Å². The predicted octanol–water partition coefficient (Wildman–Crippen LogP) is 2.04. The number of carbonyl (C=O) groups excluding carboxylic acids is 1. The van der Waals surface area contributed by atoms with Gasteiger partial charge in [-0.25, -0.2) is 4.79 Å². The summed E-state index contributed by atoms with van der Waals surface area (Å²) >= 11 is 5.67. The van der Waals surface area contributed by atoms with Gasteiger partial charge in [0.1, 0.15) is 5.15 Å². The van der Waals surface area contributed by atoms with Crippen molar-refractivity contribution in [3.05, 3.63) is 28.8 Å². The van der Waals surface area contributed by atoms with Gasteiger partial charge in [-0.2, -0.15) is 9.72 Å². The van der Waals surface area contributed by atoms with Crippen LogP contribution in [-0.4, -0.2) is 22.5 Å². The van der Waals surface area contributed by atoms with Crippen LogP contribution in [0, 0.1) is 5.41 Å². The molecule has 0 aromatic carbocycles. The molecule has 0 saturated heterocycles. The summed E-state index contributed by atoms with van der Waals surface area (Å²) < 4.78 is 0.744. The van der Waals surface area contributed by atoms with Crippen molar-refractivity contribution in [3.8, 4) is 0 Å². The lowest BCUT2D eigenvalue weighted by atomic mass is 9.97. The third kappa shape index (κ3) is 4.91. The molecule has 0 spiro atoms. The fourth-order valence-corrected chi connectivity index (χ4v) is 1.19. The first kappa shape index (κ1) is 13.6. The summed E-state index contributed by atoms with van der Waals surface area (Å²) in [6, 6.07) is 2.47. The van der Waals surface area contributed by atoms with Crippen molar-refractivity contribution >= 4 is 17.6 Å². The predicted molar refractivity (Wildman–Crippen MR) is 65.0 cm³/mol. The number of nitrogens with one attached hydrogen (secondary N) is 1. The number of nitrogens with zero attached hydrogens (tertiary/aromatic N) is 2. The average molecular weight is 258 g/mol. The van der Waals surface area contributed by atoms with Crippen LogP contribution in [0.4, 0.5) is 4.79 Å². The van der Waals surface area contributed by atoms with Crippen LogP contribution in [0.1, 0.15) is 20.8 Å². The second-order valence-electron chi connectivity index (χ2n) is 4.88. The van der Waals surface area contributed by atoms with Crippen LogP contribution in [0.15, 0.2) is 23.3 Å². The van der Waals surface area contributed by atoms with E-state index in [0.29, 0.717) is 11.9 Å². The number of halogens is 1. The average Bonchev–Trinajstić information content (AvgIpc) is 2.20. The van der Waals surface area contributed by atoms with Gasteiger partial charge in [0.2, 0.25) is 0 Å². The van der Waals surface area contributed by atoms with Crippen LogP contribution in [0.25, 0.3) is 0 Å². The first-order chi connectivity index (χ1) is 7.78. The molecule has 0 saturated carbocycles. The number of aromatic nitrogens is 1. The molecule has 0 unspecified atom stereocenters. The zero-order valence-corrected chi connectivity index (χ0v) is 10.8. The Bertz CT molecular complexity index is 474. The van der Waals surface area contributed by atoms with Gasteiger partial charge in [0, 0.05) is 18.8 Å². The zero-order chi connectivity index (χ0) is 13.1. The molecule has 0 radical (unpaired) electrons. The minimum Gasteiger partial charge on any atom is -0.428 e. The second kappa shape index (κ2) is 5.23. The molecule has 0 aliphatic rings. The largest absolute Gasteiger partial charge is 0.428 e. The van der Waals surface area contributed by atoms with Gasteiger partial charge in [-0.3, -0.25) is 0 Å². The molecule has 17 heavy (non-hydrogen) atoms. The molecular formula is C11H16ClN3O2. The van der Waals surface area contributed by atoms with Crippen LogP contribution in [0.5, 0.6) is 0 Å². The van der Waals surface area contributed by atoms with E-state index in [9.17, 15) is 4.79 Å². The Morgan fingerprint density at radius 2 is 2.24 bits per heavy atom. The van der Waals surface area contributed by atoms with Gasteiger partial charge in [0.25, 0.3) is 0 Å². The quantitative estimate of drug-likeness (QED) is 0.597. The van der Waals surface area contributed by atoms with E-state index in [0.717, 1.165) is 4.73 Å². The topological polar surface area (TPSA) is 66.6 Å². The van der Waals surface area contributed by atoms with Crippen molar-refractivity contribution in [2.24, 2.45) is 10.4 Å². The second-order valence-corrected chi connectivity index (χ2v) is 5.27. The lowest BCUT2D eigenvalue weighted by Gasteiger charge is -2.17. The van der Waals surface area contributed by atoms with E-state index in [4.69, 9.17) is 16.8 Å². The van der Waals surface area contributed by atoms with Gasteiger partial charge >= 0.3 is 6.03 Å². The number of carbonyl (C=O) groups is 1. The highest BCUT2D eigenvalue weighted by atomic mass is 35.5. The molecule has 0 aliphatic heterocycles. The Hall–Kier alpha value is -1.49. The Kier molecular flexibility index (Phi) is 4.17. The van der Waals surface area contributed by atoms with E-state index < -0.39 is 6.03 Å². The van der Waals surface area contributed by atoms with Gasteiger partial charge in [-0.15, -0.1) is 0 Å². The molecule has 0 bridgehead atoms. The number of amides is 2. The highest BCUT2D eigenvalue weighted by Gasteiger charge is 2.10. The van der Waals surface area contributed by atoms with Crippen LogP contribution >= 0.6 is 11.6 Å². The molecule has 2 amide bonds. The monoisotopic (exact) mass is 257 g/mol. The summed E-state index contributed by atoms with van der Waals surface area (Å²) in [6.07, 6.45) is 1.32. The first-order valence-corrected chi connectivity index (χ1v) is 5.56. The fourth-order valence-electron chi connectivity index (χ4n) is 1.02. The van der Waals surface area contributed by atoms with Crippen molar-refractivity contribution in [2.75, 3.05) is 6.54 Å². The number of hydrogen-bond acceptors (Lipinski definition) is 2. The summed E-state index contributed by atoms with van der Waals surface area (Å²) in [5.74, 6) is 0. The van der Waals surface area contributed by atoms with Gasteiger partial charge < -0.3 is 10.5 Å². The molecule has 1 rings (SSSR count). The molecule has 5 nitrogen and oxygen atoms in total. The number of hydrogen-bond donors (Lipinski definition) is 2. The van der Waals surface area contributed by atoms with Gasteiger partial charge in [-0.1, -0.05) is 32.4 Å². The SMILES string of the molecule is CC(C)(C)CNC(=O)/N=c1\ccn(O)c(Cl)c1. The van der Waals surface area contributed by atoms with Crippen molar-refractivity contribution in [1.29, 1.82) is 0 Å². The van der Waals surface area contributed by atoms with Crippen molar-refractivity contribution < 1.29 is 10.0 Å². The molecule has 1 heterocycles. The number of rotatable bonds is 1. The Balaban J connectivity index is 2.75. The maximum Gasteiger partial charge on any atom is 0.341 e. The molecule has 0 atom stereocenters. The lowest BCUT2D eigenvalue weighted by molar-refractivity contribution is 0.185. The number of urea groups is 1. The fraction of sp³-hybridized carbons (Fsp3) is 0.455. The number of pyridine rings is 1. The molecule has 94 valence electrons. The molecule has 0 fully saturated rings. The molecule has 1 aromatic heterocycles. The van der Waals surface area contributed by atoms with Crippen LogP contribution < -0.4 is 10.7 Å². The molecule has 0 aliphatic carbocycles. The molecule has 2 N–H and O–H groups in total. The van der Waals surface area contributed by atoms with E-state index >= 15 is 0 Å². The minimum absolute atomic E-state index is 0.00757. The standard InChI is InChI=1S/C11H16ClN3O2/c1-11(2,3)7-13-10(16)14-8-4-5-15(17)9(12)6-8/h4-6,17H,7H2,1-3H3,(H,13,16)/b14-8+. The highest BCUT2D eigenvalue weighted by molar-refractivity contribution is 6.29. The van der Waals surface area contributed by atoms with Crippen molar-refractivity contribution in [1.82, 2.24) is 10.0 Å². The smallest absolute Gasteiger partial charge is 0.341 e. The van der Waals surface area contributed by atoms with E-state index in [1.807, 2.05) is 20.8 Å². The highest BCUT2D eigenvalue weighted by Crippen LogP contribution is 2.10. The summed E-state index contributed by atoms with van der Waals surface area (Å²) in [4.78, 5) is 15.3. The van der Waals surface area contributed by atoms with E-state index in [1.54, 1.807) is 0 Å². The Labute approximate surface area is 105 Å². The molecular weight excluding hydrogens is 242 g/mol. The van der Waals surface area contributed by atoms with Crippen LogP contribution in [0.2, 0.25) is 5.15 Å². The maximum absolute atomic E-state index is 11.5.